The molecule has 0 spiro atoms. The van der Waals surface area contributed by atoms with E-state index in [1.165, 1.54) is 44.9 Å². The third-order valence-electron chi connectivity index (χ3n) is 10.8. The predicted octanol–water partition coefficient (Wildman–Crippen LogP) is 8.39. The standard InChI is InChI=1S/C28H48OSi/c1-20(19-29-30(7,8)26(2,3)4)23-14-15-24-22-13-12-21-11-9-10-17-27(21,5)25(22)16-18-28(23,24)6/h11-13,20,22-25H,9-10,14-19H2,1-8H3/t20-,22+,23-,24+,25+,27+,28-/m1/s1. The second-order valence-electron chi connectivity index (χ2n) is 13.4. The van der Waals surface area contributed by atoms with Crippen molar-refractivity contribution in [1.82, 2.24) is 0 Å². The lowest BCUT2D eigenvalue weighted by atomic mass is 9.48. The Labute approximate surface area is 188 Å². The lowest BCUT2D eigenvalue weighted by Crippen LogP contribution is -2.49. The molecular weight excluding hydrogens is 380 g/mol. The van der Waals surface area contributed by atoms with Crippen LogP contribution in [-0.4, -0.2) is 14.9 Å². The molecule has 0 bridgehead atoms. The van der Waals surface area contributed by atoms with Gasteiger partial charge in [0.2, 0.25) is 0 Å². The zero-order chi connectivity index (χ0) is 21.9. The Morgan fingerprint density at radius 1 is 1.10 bits per heavy atom. The van der Waals surface area contributed by atoms with Crippen LogP contribution in [0.1, 0.15) is 86.5 Å². The van der Waals surface area contributed by atoms with Crippen molar-refractivity contribution >= 4 is 8.32 Å². The summed E-state index contributed by atoms with van der Waals surface area (Å²) >= 11 is 0. The molecule has 4 aliphatic rings. The smallest absolute Gasteiger partial charge is 0.191 e. The fourth-order valence-electron chi connectivity index (χ4n) is 7.83. The molecule has 0 aliphatic heterocycles. The maximum atomic E-state index is 6.70. The minimum Gasteiger partial charge on any atom is -0.417 e. The fourth-order valence-corrected chi connectivity index (χ4v) is 8.94. The number of hydrogen-bond acceptors (Lipinski definition) is 1. The highest BCUT2D eigenvalue weighted by atomic mass is 28.4. The molecule has 4 rings (SSSR count). The summed E-state index contributed by atoms with van der Waals surface area (Å²) in [6.07, 6.45) is 17.6. The van der Waals surface area contributed by atoms with Crippen molar-refractivity contribution in [2.75, 3.05) is 6.61 Å². The molecule has 0 unspecified atom stereocenters. The Morgan fingerprint density at radius 2 is 1.83 bits per heavy atom. The van der Waals surface area contributed by atoms with E-state index in [0.29, 0.717) is 21.8 Å². The molecule has 170 valence electrons. The average Bonchev–Trinajstić information content (AvgIpc) is 3.02. The van der Waals surface area contributed by atoms with Gasteiger partial charge < -0.3 is 4.43 Å². The molecule has 2 saturated carbocycles. The molecule has 0 saturated heterocycles. The molecule has 0 amide bonds. The van der Waals surface area contributed by atoms with Crippen LogP contribution in [0, 0.1) is 40.4 Å². The average molecular weight is 429 g/mol. The van der Waals surface area contributed by atoms with E-state index in [1.807, 2.05) is 0 Å². The summed E-state index contributed by atoms with van der Waals surface area (Å²) in [4.78, 5) is 0. The van der Waals surface area contributed by atoms with Gasteiger partial charge in [0.25, 0.3) is 0 Å². The number of hydrogen-bond donors (Lipinski definition) is 0. The van der Waals surface area contributed by atoms with Gasteiger partial charge in [0.15, 0.2) is 8.32 Å². The van der Waals surface area contributed by atoms with Crippen LogP contribution >= 0.6 is 0 Å². The van der Waals surface area contributed by atoms with E-state index in [-0.39, 0.29) is 0 Å². The van der Waals surface area contributed by atoms with Gasteiger partial charge in [-0.25, -0.2) is 0 Å². The number of rotatable bonds is 4. The van der Waals surface area contributed by atoms with Crippen LogP contribution in [0.2, 0.25) is 18.1 Å². The molecule has 30 heavy (non-hydrogen) atoms. The Hall–Kier alpha value is -0.343. The highest BCUT2D eigenvalue weighted by Crippen LogP contribution is 2.66. The van der Waals surface area contributed by atoms with Crippen LogP contribution in [0.3, 0.4) is 0 Å². The van der Waals surface area contributed by atoms with Crippen LogP contribution in [0.15, 0.2) is 23.8 Å². The monoisotopic (exact) mass is 428 g/mol. The molecule has 2 heteroatoms. The van der Waals surface area contributed by atoms with E-state index < -0.39 is 8.32 Å². The van der Waals surface area contributed by atoms with Crippen molar-refractivity contribution < 1.29 is 4.43 Å². The van der Waals surface area contributed by atoms with Crippen molar-refractivity contribution in [3.63, 3.8) is 0 Å². The van der Waals surface area contributed by atoms with Gasteiger partial charge in [0, 0.05) is 6.61 Å². The fraction of sp³-hybridized carbons (Fsp3) is 0.857. The highest BCUT2D eigenvalue weighted by Gasteiger charge is 2.58. The summed E-state index contributed by atoms with van der Waals surface area (Å²) < 4.78 is 6.70. The van der Waals surface area contributed by atoms with Gasteiger partial charge in [-0.05, 0) is 109 Å². The van der Waals surface area contributed by atoms with E-state index in [4.69, 9.17) is 4.43 Å². The molecule has 1 nitrogen and oxygen atoms in total. The minimum absolute atomic E-state index is 0.306. The van der Waals surface area contributed by atoms with Gasteiger partial charge in [-0.2, -0.15) is 0 Å². The summed E-state index contributed by atoms with van der Waals surface area (Å²) in [6, 6.07) is 0. The van der Waals surface area contributed by atoms with Crippen LogP contribution in [-0.2, 0) is 4.43 Å². The van der Waals surface area contributed by atoms with E-state index in [0.717, 1.165) is 30.3 Å². The van der Waals surface area contributed by atoms with E-state index in [2.05, 4.69) is 72.9 Å². The van der Waals surface area contributed by atoms with E-state index >= 15 is 0 Å². The van der Waals surface area contributed by atoms with Gasteiger partial charge in [-0.15, -0.1) is 0 Å². The van der Waals surface area contributed by atoms with Crippen molar-refractivity contribution in [1.29, 1.82) is 0 Å². The first-order chi connectivity index (χ1) is 13.9. The summed E-state index contributed by atoms with van der Waals surface area (Å²) in [5.41, 5.74) is 2.63. The SMILES string of the molecule is C[C@H](CO[Si](C)(C)C(C)(C)C)[C@H]1CC[C@H]2[C@@H]3C=CC4=CCCC[C@]4(C)[C@H]3CC[C@]12C. The molecule has 0 N–H and O–H groups in total. The molecule has 7 atom stereocenters. The minimum atomic E-state index is -1.66. The summed E-state index contributed by atoms with van der Waals surface area (Å²) in [7, 11) is -1.66. The summed E-state index contributed by atoms with van der Waals surface area (Å²) in [5, 5.41) is 0.306. The maximum Gasteiger partial charge on any atom is 0.191 e. The predicted molar refractivity (Wildman–Crippen MR) is 132 cm³/mol. The molecule has 0 radical (unpaired) electrons. The Kier molecular flexibility index (Phi) is 5.80. The van der Waals surface area contributed by atoms with Gasteiger partial charge in [-0.3, -0.25) is 0 Å². The summed E-state index contributed by atoms with van der Waals surface area (Å²) in [5.74, 6) is 4.08. The first-order valence-corrected chi connectivity index (χ1v) is 15.8. The molecule has 0 aromatic carbocycles. The van der Waals surface area contributed by atoms with Gasteiger partial charge >= 0.3 is 0 Å². The van der Waals surface area contributed by atoms with Crippen molar-refractivity contribution in [2.24, 2.45) is 40.4 Å². The number of allylic oxidation sites excluding steroid dienone is 4. The quantitative estimate of drug-likeness (QED) is 0.408. The van der Waals surface area contributed by atoms with Crippen LogP contribution in [0.4, 0.5) is 0 Å². The Bertz CT molecular complexity index is 713. The van der Waals surface area contributed by atoms with E-state index in [1.54, 1.807) is 5.57 Å². The van der Waals surface area contributed by atoms with Crippen molar-refractivity contribution in [3.05, 3.63) is 23.8 Å². The molecular formula is C28H48OSi. The zero-order valence-electron chi connectivity index (χ0n) is 21.2. The van der Waals surface area contributed by atoms with Gasteiger partial charge in [0.05, 0.1) is 0 Å². The molecule has 2 fully saturated rings. The van der Waals surface area contributed by atoms with Crippen molar-refractivity contribution in [2.45, 2.75) is 105 Å². The van der Waals surface area contributed by atoms with Gasteiger partial charge in [0.1, 0.15) is 0 Å². The topological polar surface area (TPSA) is 9.23 Å². The zero-order valence-corrected chi connectivity index (χ0v) is 22.2. The molecule has 4 aliphatic carbocycles. The first-order valence-electron chi connectivity index (χ1n) is 12.9. The third-order valence-corrected chi connectivity index (χ3v) is 15.3. The van der Waals surface area contributed by atoms with Crippen molar-refractivity contribution in [3.8, 4) is 0 Å². The Morgan fingerprint density at radius 3 is 2.53 bits per heavy atom. The highest BCUT2D eigenvalue weighted by molar-refractivity contribution is 6.74. The van der Waals surface area contributed by atoms with E-state index in [9.17, 15) is 0 Å². The molecule has 0 heterocycles. The molecule has 0 aromatic heterocycles. The van der Waals surface area contributed by atoms with Crippen LogP contribution in [0.5, 0.6) is 0 Å². The van der Waals surface area contributed by atoms with Gasteiger partial charge in [-0.1, -0.05) is 59.8 Å². The summed E-state index contributed by atoms with van der Waals surface area (Å²) in [6.45, 7) is 20.6. The van der Waals surface area contributed by atoms with Crippen LogP contribution in [0.25, 0.3) is 0 Å². The molecule has 0 aromatic rings. The normalized spacial score (nSPS) is 42.2. The second kappa shape index (κ2) is 7.61. The lowest BCUT2D eigenvalue weighted by molar-refractivity contribution is -0.0302. The lowest BCUT2D eigenvalue weighted by Gasteiger charge is -2.56. The first kappa shape index (κ1) is 22.8. The number of fused-ring (bicyclic) bond motifs is 5. The van der Waals surface area contributed by atoms with Crippen LogP contribution < -0.4 is 0 Å². The second-order valence-corrected chi connectivity index (χ2v) is 18.2. The Balaban J connectivity index is 1.50. The third kappa shape index (κ3) is 3.53. The maximum absolute atomic E-state index is 6.70. The largest absolute Gasteiger partial charge is 0.417 e.